The number of rotatable bonds is 12. The average molecular weight is 728 g/mol. The Morgan fingerprint density at radius 2 is 1.63 bits per heavy atom. The summed E-state index contributed by atoms with van der Waals surface area (Å²) in [4.78, 5) is 43.6. The largest absolute Gasteiger partial charge is 0.569 e. The van der Waals surface area contributed by atoms with Gasteiger partial charge in [0.1, 0.15) is 0 Å². The van der Waals surface area contributed by atoms with Gasteiger partial charge in [0.05, 0.1) is 39.4 Å². The minimum Gasteiger partial charge on any atom is -0.569 e. The van der Waals surface area contributed by atoms with Crippen molar-refractivity contribution in [3.05, 3.63) is 106 Å². The summed E-state index contributed by atoms with van der Waals surface area (Å²) < 4.78 is 70.4. The van der Waals surface area contributed by atoms with E-state index in [0.717, 1.165) is 38.4 Å². The normalized spacial score (nSPS) is 14.6. The Bertz CT molecular complexity index is 2070. The molecule has 0 radical (unpaired) electrons. The number of hydrogen-bond donors (Lipinski definition) is 1. The number of alkyl halides is 3. The fourth-order valence-corrected chi connectivity index (χ4v) is 6.34. The lowest BCUT2D eigenvalue weighted by atomic mass is 9.98. The molecule has 3 amide bonds. The number of carbonyl (C=O) groups is 3. The summed E-state index contributed by atoms with van der Waals surface area (Å²) in [6.45, 7) is 4.43. The highest BCUT2D eigenvalue weighted by atomic mass is 32.2. The molecule has 5 rings (SSSR count). The fraction of sp³-hybridized carbons (Fsp3) is 0.273. The number of halogens is 3. The summed E-state index contributed by atoms with van der Waals surface area (Å²) in [6.07, 6.45) is -4.41. The van der Waals surface area contributed by atoms with E-state index in [0.29, 0.717) is 12.0 Å². The molecule has 3 aromatic carbocycles. The first kappa shape index (κ1) is 36.5. The van der Waals surface area contributed by atoms with Crippen LogP contribution in [-0.2, 0) is 25.8 Å². The van der Waals surface area contributed by atoms with E-state index in [1.807, 2.05) is 11.6 Å². The molecular weight excluding hydrogens is 695 g/mol. The minimum absolute atomic E-state index is 0.110. The summed E-state index contributed by atoms with van der Waals surface area (Å²) >= 11 is 0. The molecule has 0 spiro atoms. The summed E-state index contributed by atoms with van der Waals surface area (Å²) in [5, 5.41) is 20.7. The minimum atomic E-state index is -4.74. The van der Waals surface area contributed by atoms with Crippen LogP contribution in [0.3, 0.4) is 0 Å². The first-order chi connectivity index (χ1) is 24.0. The van der Waals surface area contributed by atoms with E-state index in [1.165, 1.54) is 31.3 Å². The van der Waals surface area contributed by atoms with Gasteiger partial charge in [-0.25, -0.2) is 22.7 Å². The number of amides is 3. The molecule has 2 atom stereocenters. The lowest BCUT2D eigenvalue weighted by Crippen LogP contribution is -2.52. The third-order valence-electron chi connectivity index (χ3n) is 8.29. The number of imide groups is 1. The van der Waals surface area contributed by atoms with Gasteiger partial charge in [-0.1, -0.05) is 62.2 Å². The predicted octanol–water partition coefficient (Wildman–Crippen LogP) is 5.08. The number of hydrazine groups is 1. The molecule has 14 nitrogen and oxygen atoms in total. The van der Waals surface area contributed by atoms with E-state index in [9.17, 15) is 41.2 Å². The van der Waals surface area contributed by atoms with Crippen molar-refractivity contribution in [2.45, 2.75) is 44.3 Å². The molecule has 1 aliphatic heterocycles. The molecule has 2 heterocycles. The van der Waals surface area contributed by atoms with Crippen molar-refractivity contribution in [3.8, 4) is 16.9 Å². The molecule has 4 aromatic rings. The van der Waals surface area contributed by atoms with Crippen LogP contribution in [0.5, 0.6) is 0 Å². The highest BCUT2D eigenvalue weighted by Gasteiger charge is 2.38. The third kappa shape index (κ3) is 7.54. The van der Waals surface area contributed by atoms with Crippen molar-refractivity contribution in [3.63, 3.8) is 0 Å². The highest BCUT2D eigenvalue weighted by Crippen LogP contribution is 2.33. The Labute approximate surface area is 290 Å². The number of aryl methyl sites for hydroxylation is 1. The van der Waals surface area contributed by atoms with Gasteiger partial charge in [0, 0.05) is 5.56 Å². The maximum atomic E-state index is 13.6. The molecule has 1 aromatic heterocycles. The van der Waals surface area contributed by atoms with E-state index in [1.54, 1.807) is 50.2 Å². The fourth-order valence-electron chi connectivity index (χ4n) is 5.34. The van der Waals surface area contributed by atoms with Crippen molar-refractivity contribution < 1.29 is 45.8 Å². The van der Waals surface area contributed by atoms with Crippen molar-refractivity contribution in [2.24, 2.45) is 11.2 Å². The van der Waals surface area contributed by atoms with Gasteiger partial charge in [0.2, 0.25) is 12.0 Å². The number of nitrogens with one attached hydrogen (secondary N) is 1. The van der Waals surface area contributed by atoms with Gasteiger partial charge in [0.25, 0.3) is 27.7 Å². The average Bonchev–Trinajstić information content (AvgIpc) is 3.65. The van der Waals surface area contributed by atoms with Crippen molar-refractivity contribution in [2.75, 3.05) is 13.8 Å². The van der Waals surface area contributed by atoms with Crippen LogP contribution < -0.4 is 4.72 Å². The number of fused-ring (bicyclic) bond motifs is 1. The van der Waals surface area contributed by atoms with Gasteiger partial charge < -0.3 is 10.0 Å². The zero-order chi connectivity index (χ0) is 37.2. The van der Waals surface area contributed by atoms with Gasteiger partial charge in [-0.3, -0.25) is 14.4 Å². The molecule has 51 heavy (non-hydrogen) atoms. The summed E-state index contributed by atoms with van der Waals surface area (Å²) in [6, 6.07) is 17.0. The van der Waals surface area contributed by atoms with Crippen LogP contribution in [0.2, 0.25) is 0 Å². The van der Waals surface area contributed by atoms with Gasteiger partial charge in [-0.15, -0.1) is 5.01 Å². The van der Waals surface area contributed by atoms with Crippen LogP contribution in [0, 0.1) is 18.0 Å². The maximum Gasteiger partial charge on any atom is 0.435 e. The summed E-state index contributed by atoms with van der Waals surface area (Å²) in [5.41, 5.74) is 0.756. The Hall–Kier alpha value is -5.78. The topological polar surface area (TPSA) is 169 Å². The van der Waals surface area contributed by atoms with Crippen LogP contribution in [0.25, 0.3) is 16.9 Å². The Balaban J connectivity index is 1.31. The first-order valence-corrected chi connectivity index (χ1v) is 16.9. The number of sulfonamides is 1. The Kier molecular flexibility index (Phi) is 10.2. The lowest BCUT2D eigenvalue weighted by molar-refractivity contribution is -0.711. The van der Waals surface area contributed by atoms with Crippen LogP contribution in [0.15, 0.2) is 89.0 Å². The van der Waals surface area contributed by atoms with E-state index in [-0.39, 0.29) is 27.5 Å². The number of nitrogens with zero attached hydrogens (tertiary/aromatic N) is 6. The van der Waals surface area contributed by atoms with Crippen LogP contribution in [0.4, 0.5) is 13.2 Å². The lowest BCUT2D eigenvalue weighted by Gasteiger charge is -2.27. The number of hydrogen-bond acceptors (Lipinski definition) is 9. The van der Waals surface area contributed by atoms with Gasteiger partial charge >= 0.3 is 6.18 Å². The molecule has 0 bridgehead atoms. The zero-order valence-electron chi connectivity index (χ0n) is 27.7. The molecule has 0 saturated carbocycles. The quantitative estimate of drug-likeness (QED) is 0.0905. The molecule has 18 heteroatoms. The maximum absolute atomic E-state index is 13.6. The highest BCUT2D eigenvalue weighted by molar-refractivity contribution is 7.90. The van der Waals surface area contributed by atoms with E-state index in [2.05, 4.69) is 10.4 Å². The molecule has 268 valence electrons. The smallest absolute Gasteiger partial charge is 0.435 e. The number of likely N-dealkylation sites (N-methyl/N-ethyl adjacent to an activating group) is 1. The molecule has 0 aliphatic carbocycles. The van der Waals surface area contributed by atoms with Crippen LogP contribution in [-0.4, -0.2) is 70.6 Å². The first-order valence-electron chi connectivity index (χ1n) is 15.4. The Morgan fingerprint density at radius 1 is 1.04 bits per heavy atom. The second-order valence-electron chi connectivity index (χ2n) is 11.7. The van der Waals surface area contributed by atoms with Gasteiger partial charge in [-0.05, 0) is 55.3 Å². The van der Waals surface area contributed by atoms with Crippen molar-refractivity contribution >= 4 is 27.7 Å². The number of benzene rings is 3. The van der Waals surface area contributed by atoms with Crippen LogP contribution >= 0.6 is 0 Å². The van der Waals surface area contributed by atoms with E-state index < -0.39 is 63.2 Å². The number of aromatic nitrogens is 2. The molecule has 1 aliphatic rings. The molecule has 0 unspecified atom stereocenters. The second-order valence-corrected chi connectivity index (χ2v) is 13.4. The SMILES string of the molecule is CC[C@@H](C)[C@@H](C(=O)NS(=O)(=O)c1ccc(-n2nc(C(F)(F)F)cc2-c2ccc(C)cc2)cc1)N(C)[N+]([O-])=NOCN1C(=O)c2ccccc2C1=O. The van der Waals surface area contributed by atoms with Crippen molar-refractivity contribution in [1.29, 1.82) is 0 Å². The summed E-state index contributed by atoms with van der Waals surface area (Å²) in [5.74, 6) is -2.97. The molecule has 0 fully saturated rings. The Morgan fingerprint density at radius 3 is 2.18 bits per heavy atom. The van der Waals surface area contributed by atoms with Gasteiger partial charge in [0.15, 0.2) is 11.7 Å². The zero-order valence-corrected chi connectivity index (χ0v) is 28.5. The third-order valence-corrected chi connectivity index (χ3v) is 9.65. The molecule has 1 N–H and O–H groups in total. The summed E-state index contributed by atoms with van der Waals surface area (Å²) in [7, 11) is -3.38. The molecule has 0 saturated heterocycles. The standard InChI is InChI=1S/C33H32F3N7O7S/c1-5-21(3)29(40(4)43(47)39-50-19-41-31(45)25-8-6-7-9-26(25)32(41)46)30(44)38-51(48,49)24-16-14-23(15-17-24)42-27(18-28(37-42)33(34,35)36)22-12-10-20(2)11-13-22/h6-18,21,29H,5,19H2,1-4H3,(H,38,44)/t21-,29+/m1/s1. The molecular formula is C33H32F3N7O7S. The van der Waals surface area contributed by atoms with Crippen LogP contribution in [0.1, 0.15) is 52.2 Å². The number of carbonyl (C=O) groups excluding carboxylic acids is 3. The van der Waals surface area contributed by atoms with E-state index in [4.69, 9.17) is 4.84 Å². The van der Waals surface area contributed by atoms with Crippen molar-refractivity contribution in [1.82, 2.24) is 24.4 Å². The van der Waals surface area contributed by atoms with Gasteiger partial charge in [-0.2, -0.15) is 18.3 Å². The predicted molar refractivity (Wildman–Crippen MR) is 174 cm³/mol. The second kappa shape index (κ2) is 14.2. The monoisotopic (exact) mass is 727 g/mol. The van der Waals surface area contributed by atoms with E-state index >= 15 is 0 Å².